The Kier molecular flexibility index (Phi) is 6.33. The van der Waals surface area contributed by atoms with Crippen LogP contribution in [0, 0.1) is 0 Å². The Bertz CT molecular complexity index is 459. The molecule has 5 aliphatic rings. The SMILES string of the molecule is CCNC(=NCC1CN2CCN1CC2)NC1CCN(C2CCCC2)CC1. The standard InChI is InChI=1S/C20H38N6/c1-2-21-20(22-15-19-16-24-11-13-26(19)14-12-24)23-17-7-9-25(10-8-17)18-5-3-4-6-18/h17-19H,2-16H2,1H3,(H2,21,22,23). The summed E-state index contributed by atoms with van der Waals surface area (Å²) in [6.45, 7) is 12.7. The second-order valence-corrected chi connectivity index (χ2v) is 8.60. The zero-order valence-electron chi connectivity index (χ0n) is 16.6. The molecule has 148 valence electrons. The van der Waals surface area contributed by atoms with Crippen molar-refractivity contribution in [2.45, 2.75) is 63.6 Å². The van der Waals surface area contributed by atoms with Gasteiger partial charge >= 0.3 is 0 Å². The molecule has 1 unspecified atom stereocenters. The van der Waals surface area contributed by atoms with Crippen molar-refractivity contribution >= 4 is 5.96 Å². The van der Waals surface area contributed by atoms with E-state index in [4.69, 9.17) is 4.99 Å². The molecular weight excluding hydrogens is 324 g/mol. The first-order chi connectivity index (χ1) is 12.8. The summed E-state index contributed by atoms with van der Waals surface area (Å²) >= 11 is 0. The first kappa shape index (κ1) is 18.5. The number of hydrogen-bond donors (Lipinski definition) is 2. The molecule has 0 aromatic heterocycles. The molecule has 6 heteroatoms. The Morgan fingerprint density at radius 2 is 1.65 bits per heavy atom. The molecule has 0 aromatic rings. The van der Waals surface area contributed by atoms with E-state index in [9.17, 15) is 0 Å². The molecular formula is C20H38N6. The summed E-state index contributed by atoms with van der Waals surface area (Å²) in [5.41, 5.74) is 0. The number of nitrogens with zero attached hydrogens (tertiary/aromatic N) is 4. The molecule has 1 saturated carbocycles. The first-order valence-corrected chi connectivity index (χ1v) is 11.1. The zero-order chi connectivity index (χ0) is 17.8. The van der Waals surface area contributed by atoms with E-state index in [2.05, 4.69) is 32.3 Å². The average molecular weight is 363 g/mol. The van der Waals surface area contributed by atoms with Crippen LogP contribution in [0.15, 0.2) is 4.99 Å². The molecule has 4 heterocycles. The summed E-state index contributed by atoms with van der Waals surface area (Å²) in [5.74, 6) is 1.03. The van der Waals surface area contributed by atoms with Crippen molar-refractivity contribution < 1.29 is 0 Å². The van der Waals surface area contributed by atoms with Crippen molar-refractivity contribution in [2.24, 2.45) is 4.99 Å². The number of likely N-dealkylation sites (tertiary alicyclic amines) is 1. The van der Waals surface area contributed by atoms with Gasteiger partial charge in [0.05, 0.1) is 6.54 Å². The van der Waals surface area contributed by atoms with Crippen molar-refractivity contribution in [3.63, 3.8) is 0 Å². The maximum Gasteiger partial charge on any atom is 0.191 e. The van der Waals surface area contributed by atoms with Crippen LogP contribution in [0.1, 0.15) is 45.4 Å². The van der Waals surface area contributed by atoms with Crippen molar-refractivity contribution in [1.29, 1.82) is 0 Å². The van der Waals surface area contributed by atoms with Crippen LogP contribution in [-0.2, 0) is 0 Å². The first-order valence-electron chi connectivity index (χ1n) is 11.1. The minimum Gasteiger partial charge on any atom is -0.357 e. The van der Waals surface area contributed by atoms with Crippen LogP contribution >= 0.6 is 0 Å². The van der Waals surface area contributed by atoms with Crippen LogP contribution in [0.3, 0.4) is 0 Å². The van der Waals surface area contributed by atoms with Crippen LogP contribution in [-0.4, -0.2) is 97.7 Å². The monoisotopic (exact) mass is 362 g/mol. The Balaban J connectivity index is 1.25. The molecule has 5 rings (SSSR count). The van der Waals surface area contributed by atoms with E-state index in [0.29, 0.717) is 12.1 Å². The van der Waals surface area contributed by atoms with Crippen LogP contribution in [0.2, 0.25) is 0 Å². The van der Waals surface area contributed by atoms with Gasteiger partial charge < -0.3 is 15.5 Å². The highest BCUT2D eigenvalue weighted by molar-refractivity contribution is 5.80. The quantitative estimate of drug-likeness (QED) is 0.563. The van der Waals surface area contributed by atoms with Crippen molar-refractivity contribution in [3.8, 4) is 0 Å². The molecule has 1 aliphatic carbocycles. The maximum atomic E-state index is 4.96. The van der Waals surface area contributed by atoms with E-state index in [1.807, 2.05) is 0 Å². The van der Waals surface area contributed by atoms with Crippen LogP contribution < -0.4 is 10.6 Å². The Labute approximate surface area is 159 Å². The summed E-state index contributed by atoms with van der Waals surface area (Å²) in [6.07, 6.45) is 8.24. The van der Waals surface area contributed by atoms with Gasteiger partial charge in [-0.05, 0) is 32.6 Å². The molecule has 6 nitrogen and oxygen atoms in total. The van der Waals surface area contributed by atoms with Gasteiger partial charge in [0.2, 0.25) is 0 Å². The van der Waals surface area contributed by atoms with Gasteiger partial charge in [0.15, 0.2) is 5.96 Å². The molecule has 2 bridgehead atoms. The third kappa shape index (κ3) is 4.52. The third-order valence-corrected chi connectivity index (χ3v) is 6.91. The van der Waals surface area contributed by atoms with Gasteiger partial charge in [0.25, 0.3) is 0 Å². The number of piperidine rings is 1. The van der Waals surface area contributed by atoms with Gasteiger partial charge in [-0.3, -0.25) is 14.8 Å². The molecule has 4 saturated heterocycles. The lowest BCUT2D eigenvalue weighted by Gasteiger charge is -2.47. The minimum atomic E-state index is 0.581. The number of piperazine rings is 3. The fourth-order valence-corrected chi connectivity index (χ4v) is 5.29. The second kappa shape index (κ2) is 8.89. The van der Waals surface area contributed by atoms with Gasteiger partial charge in [-0.25, -0.2) is 0 Å². The highest BCUT2D eigenvalue weighted by atomic mass is 15.3. The number of rotatable bonds is 5. The van der Waals surface area contributed by atoms with Crippen LogP contribution in [0.25, 0.3) is 0 Å². The van der Waals surface area contributed by atoms with Crippen molar-refractivity contribution in [3.05, 3.63) is 0 Å². The number of aliphatic imine (C=N–C) groups is 1. The molecule has 0 amide bonds. The summed E-state index contributed by atoms with van der Waals surface area (Å²) in [7, 11) is 0. The van der Waals surface area contributed by atoms with E-state index in [-0.39, 0.29) is 0 Å². The van der Waals surface area contributed by atoms with Crippen LogP contribution in [0.4, 0.5) is 0 Å². The van der Waals surface area contributed by atoms with E-state index >= 15 is 0 Å². The third-order valence-electron chi connectivity index (χ3n) is 6.91. The predicted octanol–water partition coefficient (Wildman–Crippen LogP) is 0.948. The van der Waals surface area contributed by atoms with Gasteiger partial charge in [-0.1, -0.05) is 12.8 Å². The van der Waals surface area contributed by atoms with E-state index < -0.39 is 0 Å². The summed E-state index contributed by atoms with van der Waals surface area (Å²) < 4.78 is 0. The van der Waals surface area contributed by atoms with E-state index in [1.54, 1.807) is 0 Å². The number of guanidine groups is 1. The summed E-state index contributed by atoms with van der Waals surface area (Å²) in [5, 5.41) is 7.20. The Morgan fingerprint density at radius 3 is 2.27 bits per heavy atom. The average Bonchev–Trinajstić information content (AvgIpc) is 3.23. The Hall–Kier alpha value is -0.850. The normalized spacial score (nSPS) is 34.3. The highest BCUT2D eigenvalue weighted by Crippen LogP contribution is 2.26. The van der Waals surface area contributed by atoms with Gasteiger partial charge in [0, 0.05) is 70.5 Å². The molecule has 0 aromatic carbocycles. The molecule has 0 radical (unpaired) electrons. The maximum absolute atomic E-state index is 4.96. The fourth-order valence-electron chi connectivity index (χ4n) is 5.29. The number of nitrogens with one attached hydrogen (secondary N) is 2. The summed E-state index contributed by atoms with van der Waals surface area (Å²) in [6, 6.07) is 2.07. The second-order valence-electron chi connectivity index (χ2n) is 8.60. The molecule has 26 heavy (non-hydrogen) atoms. The summed E-state index contributed by atoms with van der Waals surface area (Å²) in [4.78, 5) is 12.9. The molecule has 0 spiro atoms. The minimum absolute atomic E-state index is 0.581. The largest absolute Gasteiger partial charge is 0.357 e. The topological polar surface area (TPSA) is 46.1 Å². The molecule has 5 fully saturated rings. The Morgan fingerprint density at radius 1 is 0.923 bits per heavy atom. The van der Waals surface area contributed by atoms with Crippen molar-refractivity contribution in [1.82, 2.24) is 25.3 Å². The van der Waals surface area contributed by atoms with Gasteiger partial charge in [0.1, 0.15) is 0 Å². The van der Waals surface area contributed by atoms with Crippen molar-refractivity contribution in [2.75, 3.05) is 58.9 Å². The van der Waals surface area contributed by atoms with Crippen LogP contribution in [0.5, 0.6) is 0 Å². The lowest BCUT2D eigenvalue weighted by molar-refractivity contribution is 0.0174. The van der Waals surface area contributed by atoms with Gasteiger partial charge in [-0.15, -0.1) is 0 Å². The van der Waals surface area contributed by atoms with E-state index in [0.717, 1.165) is 25.1 Å². The highest BCUT2D eigenvalue weighted by Gasteiger charge is 2.32. The number of hydrogen-bond acceptors (Lipinski definition) is 4. The molecule has 2 N–H and O–H groups in total. The fraction of sp³-hybridized carbons (Fsp3) is 0.950. The predicted molar refractivity (Wildman–Crippen MR) is 108 cm³/mol. The zero-order valence-corrected chi connectivity index (χ0v) is 16.6. The lowest BCUT2D eigenvalue weighted by Crippen LogP contribution is -2.62. The smallest absolute Gasteiger partial charge is 0.191 e. The molecule has 1 atom stereocenters. The van der Waals surface area contributed by atoms with Gasteiger partial charge in [-0.2, -0.15) is 0 Å². The van der Waals surface area contributed by atoms with E-state index in [1.165, 1.54) is 84.3 Å². The molecule has 4 aliphatic heterocycles. The lowest BCUT2D eigenvalue weighted by atomic mass is 10.0. The number of fused-ring (bicyclic) bond motifs is 3.